The summed E-state index contributed by atoms with van der Waals surface area (Å²) in [7, 11) is 0. The molecule has 1 aliphatic rings. The number of ether oxygens (including phenoxy) is 1. The summed E-state index contributed by atoms with van der Waals surface area (Å²) in [5.41, 5.74) is 2.22. The topological polar surface area (TPSA) is 70.8 Å². The van der Waals surface area contributed by atoms with Gasteiger partial charge in [-0.1, -0.05) is 17.7 Å². The van der Waals surface area contributed by atoms with Crippen LogP contribution in [0.25, 0.3) is 11.3 Å². The molecule has 2 aromatic heterocycles. The molecule has 0 amide bonds. The van der Waals surface area contributed by atoms with Crippen LogP contribution in [0.2, 0.25) is 5.02 Å². The number of anilines is 1. The number of benzene rings is 2. The quantitative estimate of drug-likeness (QED) is 0.308. The number of thiocarbonyl (C=S) groups is 1. The van der Waals surface area contributed by atoms with Gasteiger partial charge in [0.15, 0.2) is 5.11 Å². The first-order chi connectivity index (χ1) is 16.5. The predicted octanol–water partition coefficient (Wildman–Crippen LogP) is 6.28. The maximum Gasteiger partial charge on any atom is 0.174 e. The second-order valence-electron chi connectivity index (χ2n) is 7.79. The van der Waals surface area contributed by atoms with Gasteiger partial charge in [0.25, 0.3) is 0 Å². The van der Waals surface area contributed by atoms with Crippen molar-refractivity contribution in [2.45, 2.75) is 19.0 Å². The molecule has 3 heterocycles. The zero-order valence-electron chi connectivity index (χ0n) is 18.3. The Kier molecular flexibility index (Phi) is 6.13. The van der Waals surface area contributed by atoms with Crippen LogP contribution in [0.15, 0.2) is 83.4 Å². The summed E-state index contributed by atoms with van der Waals surface area (Å²) in [6.45, 7) is 2.56. The lowest BCUT2D eigenvalue weighted by Gasteiger charge is -2.26. The lowest BCUT2D eigenvalue weighted by atomic mass is 10.0. The minimum absolute atomic E-state index is 0.0681. The molecule has 0 bridgehead atoms. The van der Waals surface area contributed by atoms with Crippen molar-refractivity contribution in [2.24, 2.45) is 0 Å². The predicted molar refractivity (Wildman–Crippen MR) is 136 cm³/mol. The van der Waals surface area contributed by atoms with E-state index in [-0.39, 0.29) is 11.8 Å². The van der Waals surface area contributed by atoms with Crippen LogP contribution in [-0.4, -0.2) is 21.8 Å². The van der Waals surface area contributed by atoms with Crippen molar-refractivity contribution in [1.82, 2.24) is 10.3 Å². The maximum absolute atomic E-state index is 10.6. The van der Waals surface area contributed by atoms with Crippen molar-refractivity contribution in [3.05, 3.63) is 95.5 Å². The Morgan fingerprint density at radius 2 is 1.94 bits per heavy atom. The third-order valence-corrected chi connectivity index (χ3v) is 6.21. The zero-order chi connectivity index (χ0) is 23.7. The van der Waals surface area contributed by atoms with E-state index < -0.39 is 6.04 Å². The first-order valence-electron chi connectivity index (χ1n) is 10.9. The molecule has 0 spiro atoms. The highest BCUT2D eigenvalue weighted by Crippen LogP contribution is 2.45. The van der Waals surface area contributed by atoms with Gasteiger partial charge in [-0.25, -0.2) is 0 Å². The van der Waals surface area contributed by atoms with Gasteiger partial charge in [0.2, 0.25) is 0 Å². The highest BCUT2D eigenvalue weighted by Gasteiger charge is 2.43. The van der Waals surface area contributed by atoms with Crippen LogP contribution in [0.3, 0.4) is 0 Å². The minimum atomic E-state index is -0.400. The van der Waals surface area contributed by atoms with Gasteiger partial charge in [0.05, 0.1) is 24.0 Å². The zero-order valence-corrected chi connectivity index (χ0v) is 19.9. The van der Waals surface area contributed by atoms with Crippen LogP contribution in [0, 0.1) is 0 Å². The number of phenolic OH excluding ortho intramolecular Hbond substituents is 1. The molecule has 0 aliphatic carbocycles. The van der Waals surface area contributed by atoms with Crippen molar-refractivity contribution in [2.75, 3.05) is 11.5 Å². The molecule has 0 saturated carbocycles. The van der Waals surface area contributed by atoms with Crippen molar-refractivity contribution >= 4 is 34.6 Å². The molecule has 1 fully saturated rings. The normalized spacial score (nSPS) is 17.6. The molecule has 1 saturated heterocycles. The average Bonchev–Trinajstić information content (AvgIpc) is 3.46. The van der Waals surface area contributed by atoms with Crippen molar-refractivity contribution in [3.63, 3.8) is 0 Å². The van der Waals surface area contributed by atoms with Gasteiger partial charge in [-0.2, -0.15) is 0 Å². The van der Waals surface area contributed by atoms with Gasteiger partial charge in [0.1, 0.15) is 29.1 Å². The second kappa shape index (κ2) is 9.37. The van der Waals surface area contributed by atoms with E-state index in [9.17, 15) is 5.11 Å². The Morgan fingerprint density at radius 1 is 1.12 bits per heavy atom. The molecule has 34 heavy (non-hydrogen) atoms. The number of aromatic nitrogens is 1. The summed E-state index contributed by atoms with van der Waals surface area (Å²) in [5, 5.41) is 14.9. The number of hydrogen-bond donors (Lipinski definition) is 2. The lowest BCUT2D eigenvalue weighted by Crippen LogP contribution is -2.29. The molecular weight excluding hydrogens is 470 g/mol. The summed E-state index contributed by atoms with van der Waals surface area (Å²) in [6.07, 6.45) is 1.74. The molecule has 2 N–H and O–H groups in total. The lowest BCUT2D eigenvalue weighted by molar-refractivity contribution is 0.340. The van der Waals surface area contributed by atoms with Gasteiger partial charge in [-0.05, 0) is 85.9 Å². The molecule has 8 heteroatoms. The van der Waals surface area contributed by atoms with Crippen molar-refractivity contribution < 1.29 is 14.3 Å². The summed E-state index contributed by atoms with van der Waals surface area (Å²) in [6, 6.07) is 21.5. The fourth-order valence-electron chi connectivity index (χ4n) is 4.14. The van der Waals surface area contributed by atoms with Crippen molar-refractivity contribution in [1.29, 1.82) is 0 Å². The number of nitrogens with one attached hydrogen (secondary N) is 1. The largest absolute Gasteiger partial charge is 0.506 e. The van der Waals surface area contributed by atoms with E-state index in [0.717, 1.165) is 17.0 Å². The van der Waals surface area contributed by atoms with E-state index >= 15 is 0 Å². The van der Waals surface area contributed by atoms with Crippen LogP contribution >= 0.6 is 23.8 Å². The number of rotatable bonds is 6. The number of furan rings is 1. The molecule has 5 rings (SSSR count). The fourth-order valence-corrected chi connectivity index (χ4v) is 4.65. The number of halogens is 1. The molecule has 1 aliphatic heterocycles. The highest BCUT2D eigenvalue weighted by molar-refractivity contribution is 7.80. The van der Waals surface area contributed by atoms with E-state index in [1.54, 1.807) is 24.4 Å². The Balaban J connectivity index is 1.57. The highest BCUT2D eigenvalue weighted by atomic mass is 35.5. The van der Waals surface area contributed by atoms with Gasteiger partial charge in [0, 0.05) is 16.8 Å². The number of nitrogens with zero attached hydrogens (tertiary/aromatic N) is 2. The second-order valence-corrected chi connectivity index (χ2v) is 8.61. The Hall–Kier alpha value is -3.55. The first-order valence-corrected chi connectivity index (χ1v) is 11.7. The Labute approximate surface area is 207 Å². The summed E-state index contributed by atoms with van der Waals surface area (Å²) >= 11 is 12.0. The number of pyridine rings is 1. The summed E-state index contributed by atoms with van der Waals surface area (Å²) in [4.78, 5) is 6.37. The Bertz CT molecular complexity index is 1310. The van der Waals surface area contributed by atoms with Crippen LogP contribution in [0.5, 0.6) is 11.5 Å². The molecule has 172 valence electrons. The van der Waals surface area contributed by atoms with Crippen LogP contribution < -0.4 is 15.0 Å². The molecule has 2 atom stereocenters. The SMILES string of the molecule is CCOc1ccc(-c2ccc([C@H]3[C@@H](c4ccccn4)NC(=S)N3c3cc(Cl)ccc3O)o2)cc1. The molecule has 0 radical (unpaired) electrons. The Morgan fingerprint density at radius 3 is 2.68 bits per heavy atom. The third-order valence-electron chi connectivity index (χ3n) is 5.66. The van der Waals surface area contributed by atoms with E-state index in [4.69, 9.17) is 33.0 Å². The van der Waals surface area contributed by atoms with Crippen LogP contribution in [0.1, 0.15) is 30.5 Å². The number of aromatic hydroxyl groups is 1. The van der Waals surface area contributed by atoms with Crippen LogP contribution in [-0.2, 0) is 0 Å². The monoisotopic (exact) mass is 491 g/mol. The fraction of sp³-hybridized carbons (Fsp3) is 0.154. The maximum atomic E-state index is 10.6. The molecule has 2 aromatic carbocycles. The van der Waals surface area contributed by atoms with Gasteiger partial charge >= 0.3 is 0 Å². The van der Waals surface area contributed by atoms with Gasteiger partial charge < -0.3 is 24.5 Å². The summed E-state index contributed by atoms with van der Waals surface area (Å²) < 4.78 is 11.9. The number of phenols is 1. The molecule has 4 aromatic rings. The van der Waals surface area contributed by atoms with E-state index in [1.807, 2.05) is 66.4 Å². The standard InChI is InChI=1S/C26H22ClN3O3S/c1-2-32-18-9-6-16(7-10-18)22-12-13-23(33-22)25-24(19-5-3-4-14-28-19)29-26(34)30(25)20-15-17(27)8-11-21(20)31/h3-15,24-25,31H,2H2,1H3,(H,29,34)/t24-,25+/m1/s1. The van der Waals surface area contributed by atoms with Crippen molar-refractivity contribution in [3.8, 4) is 22.8 Å². The summed E-state index contributed by atoms with van der Waals surface area (Å²) in [5.74, 6) is 2.26. The minimum Gasteiger partial charge on any atom is -0.506 e. The smallest absolute Gasteiger partial charge is 0.174 e. The van der Waals surface area contributed by atoms with E-state index in [0.29, 0.717) is 33.9 Å². The first kappa shape index (κ1) is 22.3. The van der Waals surface area contributed by atoms with Crippen LogP contribution in [0.4, 0.5) is 5.69 Å². The van der Waals surface area contributed by atoms with E-state index in [1.165, 1.54) is 0 Å². The third kappa shape index (κ3) is 4.20. The molecule has 0 unspecified atom stereocenters. The average molecular weight is 492 g/mol. The molecular formula is C26H22ClN3O3S. The van der Waals surface area contributed by atoms with E-state index in [2.05, 4.69) is 10.3 Å². The number of hydrogen-bond acceptors (Lipinski definition) is 5. The molecule has 6 nitrogen and oxygen atoms in total. The van der Waals surface area contributed by atoms with Gasteiger partial charge in [-0.3, -0.25) is 4.98 Å². The van der Waals surface area contributed by atoms with Gasteiger partial charge in [-0.15, -0.1) is 0 Å².